The molecule has 2 aromatic rings. The SMILES string of the molecule is COC(=O)[C@@H]1[C@@H](C(C)C)CC[C@@H]1N(Cc1ccccc1)[C@@H](C)c1ccccc1. The summed E-state index contributed by atoms with van der Waals surface area (Å²) in [5.41, 5.74) is 2.57. The fraction of sp³-hybridized carbons (Fsp3) is 0.480. The van der Waals surface area contributed by atoms with Gasteiger partial charge in [0.1, 0.15) is 0 Å². The number of carbonyl (C=O) groups excluding carboxylic acids is 1. The van der Waals surface area contributed by atoms with E-state index in [4.69, 9.17) is 4.74 Å². The van der Waals surface area contributed by atoms with Crippen molar-refractivity contribution in [1.29, 1.82) is 0 Å². The molecule has 0 aromatic heterocycles. The molecule has 3 rings (SSSR count). The Morgan fingerprint density at radius 2 is 1.61 bits per heavy atom. The van der Waals surface area contributed by atoms with E-state index in [2.05, 4.69) is 86.3 Å². The summed E-state index contributed by atoms with van der Waals surface area (Å²) >= 11 is 0. The number of carbonyl (C=O) groups is 1. The largest absolute Gasteiger partial charge is 0.469 e. The Kier molecular flexibility index (Phi) is 6.90. The monoisotopic (exact) mass is 379 g/mol. The first-order valence-corrected chi connectivity index (χ1v) is 10.4. The third-order valence-electron chi connectivity index (χ3n) is 6.41. The van der Waals surface area contributed by atoms with E-state index in [1.807, 2.05) is 0 Å². The molecule has 2 aromatic carbocycles. The van der Waals surface area contributed by atoms with Crippen LogP contribution in [0.25, 0.3) is 0 Å². The molecule has 1 fully saturated rings. The normalized spacial score (nSPS) is 23.1. The number of hydrogen-bond donors (Lipinski definition) is 0. The van der Waals surface area contributed by atoms with E-state index < -0.39 is 0 Å². The zero-order chi connectivity index (χ0) is 20.1. The zero-order valence-electron chi connectivity index (χ0n) is 17.5. The number of rotatable bonds is 7. The molecule has 150 valence electrons. The second kappa shape index (κ2) is 9.38. The number of benzene rings is 2. The Morgan fingerprint density at radius 3 is 2.18 bits per heavy atom. The molecule has 1 aliphatic rings. The smallest absolute Gasteiger partial charge is 0.310 e. The van der Waals surface area contributed by atoms with E-state index in [9.17, 15) is 4.79 Å². The van der Waals surface area contributed by atoms with Crippen LogP contribution in [0.4, 0.5) is 0 Å². The molecule has 0 saturated heterocycles. The van der Waals surface area contributed by atoms with Gasteiger partial charge in [0.25, 0.3) is 0 Å². The second-order valence-corrected chi connectivity index (χ2v) is 8.35. The van der Waals surface area contributed by atoms with Crippen LogP contribution in [0.1, 0.15) is 50.8 Å². The summed E-state index contributed by atoms with van der Waals surface area (Å²) < 4.78 is 5.27. The first-order chi connectivity index (χ1) is 13.5. The van der Waals surface area contributed by atoms with E-state index in [-0.39, 0.29) is 24.0 Å². The predicted molar refractivity (Wildman–Crippen MR) is 114 cm³/mol. The van der Waals surface area contributed by atoms with Gasteiger partial charge < -0.3 is 4.74 Å². The summed E-state index contributed by atoms with van der Waals surface area (Å²) in [6.45, 7) is 7.55. The highest BCUT2D eigenvalue weighted by molar-refractivity contribution is 5.74. The minimum atomic E-state index is -0.0696. The second-order valence-electron chi connectivity index (χ2n) is 8.35. The molecule has 1 aliphatic carbocycles. The van der Waals surface area contributed by atoms with Gasteiger partial charge in [-0.1, -0.05) is 74.5 Å². The van der Waals surface area contributed by atoms with E-state index in [0.29, 0.717) is 11.8 Å². The number of methoxy groups -OCH3 is 1. The minimum absolute atomic E-state index is 0.0560. The van der Waals surface area contributed by atoms with Crippen molar-refractivity contribution in [3.8, 4) is 0 Å². The number of esters is 1. The lowest BCUT2D eigenvalue weighted by Crippen LogP contribution is -2.44. The van der Waals surface area contributed by atoms with Crippen molar-refractivity contribution >= 4 is 5.97 Å². The first-order valence-electron chi connectivity index (χ1n) is 10.4. The van der Waals surface area contributed by atoms with Gasteiger partial charge in [0, 0.05) is 18.6 Å². The topological polar surface area (TPSA) is 29.5 Å². The third-order valence-corrected chi connectivity index (χ3v) is 6.41. The molecule has 4 atom stereocenters. The van der Waals surface area contributed by atoms with Crippen LogP contribution in [-0.2, 0) is 16.1 Å². The summed E-state index contributed by atoms with van der Waals surface area (Å²) in [7, 11) is 1.53. The molecule has 1 saturated carbocycles. The molecule has 3 heteroatoms. The van der Waals surface area contributed by atoms with Gasteiger partial charge in [-0.05, 0) is 42.7 Å². The van der Waals surface area contributed by atoms with Crippen LogP contribution in [0.5, 0.6) is 0 Å². The van der Waals surface area contributed by atoms with E-state index in [1.165, 1.54) is 18.2 Å². The fourth-order valence-electron chi connectivity index (χ4n) is 4.85. The summed E-state index contributed by atoms with van der Waals surface area (Å²) in [5, 5.41) is 0. The van der Waals surface area contributed by atoms with E-state index in [1.54, 1.807) is 0 Å². The molecule has 0 spiro atoms. The van der Waals surface area contributed by atoms with Gasteiger partial charge in [0.15, 0.2) is 0 Å². The molecule has 3 nitrogen and oxygen atoms in total. The highest BCUT2D eigenvalue weighted by atomic mass is 16.5. The average Bonchev–Trinajstić information content (AvgIpc) is 3.17. The highest BCUT2D eigenvalue weighted by Gasteiger charge is 2.46. The fourth-order valence-corrected chi connectivity index (χ4v) is 4.85. The molecule has 28 heavy (non-hydrogen) atoms. The Balaban J connectivity index is 1.96. The van der Waals surface area contributed by atoms with Crippen LogP contribution in [0.15, 0.2) is 60.7 Å². The molecule has 0 radical (unpaired) electrons. The average molecular weight is 380 g/mol. The maximum atomic E-state index is 12.8. The first kappa shape index (κ1) is 20.6. The van der Waals surface area contributed by atoms with Crippen LogP contribution in [0.3, 0.4) is 0 Å². The number of hydrogen-bond acceptors (Lipinski definition) is 3. The van der Waals surface area contributed by atoms with Crippen LogP contribution < -0.4 is 0 Å². The summed E-state index contributed by atoms with van der Waals surface area (Å²) in [4.78, 5) is 15.3. The van der Waals surface area contributed by atoms with Gasteiger partial charge in [-0.2, -0.15) is 0 Å². The molecule has 0 unspecified atom stereocenters. The molecule has 0 heterocycles. The van der Waals surface area contributed by atoms with Crippen molar-refractivity contribution in [1.82, 2.24) is 4.90 Å². The molecule has 0 N–H and O–H groups in total. The Labute approximate surface area is 169 Å². The number of ether oxygens (including phenoxy) is 1. The van der Waals surface area contributed by atoms with Crippen molar-refractivity contribution in [2.75, 3.05) is 7.11 Å². The van der Waals surface area contributed by atoms with Gasteiger partial charge in [0.05, 0.1) is 13.0 Å². The predicted octanol–water partition coefficient (Wildman–Crippen LogP) is 5.47. The van der Waals surface area contributed by atoms with Crippen molar-refractivity contribution in [2.24, 2.45) is 17.8 Å². The third kappa shape index (κ3) is 4.47. The maximum absolute atomic E-state index is 12.8. The number of nitrogens with zero attached hydrogens (tertiary/aromatic N) is 1. The van der Waals surface area contributed by atoms with Crippen molar-refractivity contribution in [3.63, 3.8) is 0 Å². The zero-order valence-corrected chi connectivity index (χ0v) is 17.5. The van der Waals surface area contributed by atoms with Gasteiger partial charge in [-0.25, -0.2) is 0 Å². The molecule has 0 amide bonds. The maximum Gasteiger partial charge on any atom is 0.310 e. The van der Waals surface area contributed by atoms with Gasteiger partial charge in [-0.15, -0.1) is 0 Å². The van der Waals surface area contributed by atoms with Crippen LogP contribution in [0.2, 0.25) is 0 Å². The molecule has 0 aliphatic heterocycles. The quantitative estimate of drug-likeness (QED) is 0.597. The lowest BCUT2D eigenvalue weighted by Gasteiger charge is -2.38. The van der Waals surface area contributed by atoms with Gasteiger partial charge >= 0.3 is 5.97 Å². The van der Waals surface area contributed by atoms with E-state index in [0.717, 1.165) is 19.4 Å². The van der Waals surface area contributed by atoms with Crippen molar-refractivity contribution in [2.45, 2.75) is 52.2 Å². The van der Waals surface area contributed by atoms with Crippen molar-refractivity contribution in [3.05, 3.63) is 71.8 Å². The minimum Gasteiger partial charge on any atom is -0.469 e. The standard InChI is InChI=1S/C25H33NO2/c1-18(2)22-15-16-23(24(22)25(27)28-4)26(17-20-11-7-5-8-12-20)19(3)21-13-9-6-10-14-21/h5-14,18-19,22-24H,15-17H2,1-4H3/t19-,22+,23-,24+/m0/s1. The molecular formula is C25H33NO2. The van der Waals surface area contributed by atoms with Gasteiger partial charge in [0.2, 0.25) is 0 Å². The highest BCUT2D eigenvalue weighted by Crippen LogP contribution is 2.43. The Morgan fingerprint density at radius 1 is 1.00 bits per heavy atom. The van der Waals surface area contributed by atoms with Gasteiger partial charge in [-0.3, -0.25) is 9.69 Å². The molecular weight excluding hydrogens is 346 g/mol. The van der Waals surface area contributed by atoms with Crippen LogP contribution >= 0.6 is 0 Å². The summed E-state index contributed by atoms with van der Waals surface area (Å²) in [6.07, 6.45) is 2.11. The summed E-state index contributed by atoms with van der Waals surface area (Å²) in [6, 6.07) is 21.6. The summed E-state index contributed by atoms with van der Waals surface area (Å²) in [5.74, 6) is 0.720. The molecule has 0 bridgehead atoms. The lowest BCUT2D eigenvalue weighted by atomic mass is 9.84. The Hall–Kier alpha value is -2.13. The van der Waals surface area contributed by atoms with Crippen LogP contribution in [-0.4, -0.2) is 24.0 Å². The van der Waals surface area contributed by atoms with Crippen LogP contribution in [0, 0.1) is 17.8 Å². The van der Waals surface area contributed by atoms with E-state index >= 15 is 0 Å². The van der Waals surface area contributed by atoms with Crippen molar-refractivity contribution < 1.29 is 9.53 Å². The lowest BCUT2D eigenvalue weighted by molar-refractivity contribution is -0.150. The Bertz CT molecular complexity index is 744.